The summed E-state index contributed by atoms with van der Waals surface area (Å²) in [4.78, 5) is 28.1. The first-order valence-electron chi connectivity index (χ1n) is 9.64. The van der Waals surface area contributed by atoms with Crippen molar-refractivity contribution in [3.63, 3.8) is 0 Å². The number of carbonyl (C=O) groups is 2. The molecule has 0 aliphatic carbocycles. The van der Waals surface area contributed by atoms with Crippen LogP contribution in [0.2, 0.25) is 0 Å². The molecule has 0 bridgehead atoms. The van der Waals surface area contributed by atoms with Crippen LogP contribution in [0.1, 0.15) is 19.4 Å². The molecule has 1 amide bonds. The second-order valence-corrected chi connectivity index (χ2v) is 6.61. The molecule has 1 unspecified atom stereocenters. The van der Waals surface area contributed by atoms with Gasteiger partial charge in [-0.15, -0.1) is 6.58 Å². The third-order valence-corrected chi connectivity index (χ3v) is 4.50. The van der Waals surface area contributed by atoms with E-state index in [1.54, 1.807) is 17.9 Å². The molecule has 0 aromatic heterocycles. The minimum Gasteiger partial charge on any atom is -0.494 e. The van der Waals surface area contributed by atoms with E-state index in [-0.39, 0.29) is 19.1 Å². The Bertz CT molecular complexity index is 639. The summed E-state index contributed by atoms with van der Waals surface area (Å²) in [6.45, 7) is 11.4. The molecule has 1 aromatic rings. The van der Waals surface area contributed by atoms with E-state index in [4.69, 9.17) is 14.2 Å². The van der Waals surface area contributed by atoms with Gasteiger partial charge in [0, 0.05) is 32.7 Å². The van der Waals surface area contributed by atoms with E-state index in [0.29, 0.717) is 19.7 Å². The van der Waals surface area contributed by atoms with E-state index in [0.717, 1.165) is 25.4 Å². The van der Waals surface area contributed by atoms with Crippen LogP contribution < -0.4 is 4.74 Å². The number of carbonyl (C=O) groups excluding carboxylic acids is 2. The van der Waals surface area contributed by atoms with Gasteiger partial charge in [0.05, 0.1) is 13.2 Å². The lowest BCUT2D eigenvalue weighted by atomic mass is 10.2. The Morgan fingerprint density at radius 3 is 2.46 bits per heavy atom. The van der Waals surface area contributed by atoms with Gasteiger partial charge in [-0.25, -0.2) is 4.79 Å². The smallest absolute Gasteiger partial charge is 0.335 e. The fraction of sp³-hybridized carbons (Fsp3) is 0.524. The molecule has 28 heavy (non-hydrogen) atoms. The number of ether oxygens (including phenoxy) is 3. The molecular weight excluding hydrogens is 360 g/mol. The lowest BCUT2D eigenvalue weighted by Crippen LogP contribution is -2.49. The van der Waals surface area contributed by atoms with Crippen LogP contribution in [0, 0.1) is 0 Å². The van der Waals surface area contributed by atoms with Crippen molar-refractivity contribution in [1.29, 1.82) is 0 Å². The van der Waals surface area contributed by atoms with Gasteiger partial charge in [0.15, 0.2) is 12.7 Å². The van der Waals surface area contributed by atoms with Crippen molar-refractivity contribution in [3.8, 4) is 5.75 Å². The standard InChI is InChI=1S/C21H30N2O5/c1-4-14-27-17(3)21(25)28-16-20(24)23-12-10-22(11-13-23)15-18-6-8-19(9-7-18)26-5-2/h4,6-9,17H,1,5,10-16H2,2-3H3. The molecule has 0 N–H and O–H groups in total. The van der Waals surface area contributed by atoms with E-state index >= 15 is 0 Å². The molecule has 1 heterocycles. The number of esters is 1. The van der Waals surface area contributed by atoms with Gasteiger partial charge < -0.3 is 19.1 Å². The fourth-order valence-electron chi connectivity index (χ4n) is 2.89. The SMILES string of the molecule is C=CCOC(C)C(=O)OCC(=O)N1CCN(Cc2ccc(OCC)cc2)CC1. The average Bonchev–Trinajstić information content (AvgIpc) is 2.72. The van der Waals surface area contributed by atoms with E-state index in [9.17, 15) is 9.59 Å². The largest absolute Gasteiger partial charge is 0.494 e. The van der Waals surface area contributed by atoms with Gasteiger partial charge in [-0.3, -0.25) is 9.69 Å². The molecular formula is C21H30N2O5. The van der Waals surface area contributed by atoms with E-state index < -0.39 is 12.1 Å². The van der Waals surface area contributed by atoms with E-state index in [1.807, 2.05) is 19.1 Å². The van der Waals surface area contributed by atoms with Crippen LogP contribution >= 0.6 is 0 Å². The predicted octanol–water partition coefficient (Wildman–Crippen LogP) is 1.86. The number of hydrogen-bond donors (Lipinski definition) is 0. The van der Waals surface area contributed by atoms with Crippen LogP contribution in [0.15, 0.2) is 36.9 Å². The van der Waals surface area contributed by atoms with Crippen molar-refractivity contribution >= 4 is 11.9 Å². The zero-order chi connectivity index (χ0) is 20.4. The van der Waals surface area contributed by atoms with Crippen LogP contribution in [0.25, 0.3) is 0 Å². The minimum atomic E-state index is -0.711. The zero-order valence-electron chi connectivity index (χ0n) is 16.8. The summed E-state index contributed by atoms with van der Waals surface area (Å²) >= 11 is 0. The van der Waals surface area contributed by atoms with E-state index in [2.05, 4.69) is 23.6 Å². The highest BCUT2D eigenvalue weighted by molar-refractivity contribution is 5.82. The Morgan fingerprint density at radius 1 is 1.18 bits per heavy atom. The molecule has 1 aromatic carbocycles. The number of piperazine rings is 1. The number of benzene rings is 1. The van der Waals surface area contributed by atoms with Crippen molar-refractivity contribution in [2.24, 2.45) is 0 Å². The summed E-state index contributed by atoms with van der Waals surface area (Å²) in [6.07, 6.45) is 0.846. The molecule has 1 aliphatic rings. The molecule has 2 rings (SSSR count). The van der Waals surface area contributed by atoms with Crippen LogP contribution in [-0.2, 0) is 25.6 Å². The third-order valence-electron chi connectivity index (χ3n) is 4.50. The molecule has 154 valence electrons. The van der Waals surface area contributed by atoms with Crippen molar-refractivity contribution in [3.05, 3.63) is 42.5 Å². The summed E-state index contributed by atoms with van der Waals surface area (Å²) < 4.78 is 15.7. The Labute approximate surface area is 166 Å². The van der Waals surface area contributed by atoms with Crippen molar-refractivity contribution in [1.82, 2.24) is 9.80 Å². The number of amides is 1. The lowest BCUT2D eigenvalue weighted by molar-refractivity contribution is -0.161. The van der Waals surface area contributed by atoms with Crippen LogP contribution in [-0.4, -0.2) is 73.8 Å². The summed E-state index contributed by atoms with van der Waals surface area (Å²) in [5, 5.41) is 0. The summed E-state index contributed by atoms with van der Waals surface area (Å²) in [6, 6.07) is 8.09. The van der Waals surface area contributed by atoms with Gasteiger partial charge in [0.2, 0.25) is 0 Å². The van der Waals surface area contributed by atoms with Crippen LogP contribution in [0.5, 0.6) is 5.75 Å². The monoisotopic (exact) mass is 390 g/mol. The first-order valence-corrected chi connectivity index (χ1v) is 9.64. The van der Waals surface area contributed by atoms with Crippen LogP contribution in [0.3, 0.4) is 0 Å². The predicted molar refractivity (Wildman–Crippen MR) is 106 cm³/mol. The number of rotatable bonds is 10. The van der Waals surface area contributed by atoms with E-state index in [1.165, 1.54) is 5.56 Å². The third kappa shape index (κ3) is 6.98. The quantitative estimate of drug-likeness (QED) is 0.449. The normalized spacial score (nSPS) is 15.7. The highest BCUT2D eigenvalue weighted by Crippen LogP contribution is 2.14. The Morgan fingerprint density at radius 2 is 1.86 bits per heavy atom. The molecule has 7 heteroatoms. The minimum absolute atomic E-state index is 0.176. The van der Waals surface area contributed by atoms with Gasteiger partial charge in [-0.2, -0.15) is 0 Å². The highest BCUT2D eigenvalue weighted by Gasteiger charge is 2.23. The van der Waals surface area contributed by atoms with Gasteiger partial charge in [0.1, 0.15) is 5.75 Å². The summed E-state index contributed by atoms with van der Waals surface area (Å²) in [5.41, 5.74) is 1.21. The van der Waals surface area contributed by atoms with Crippen molar-refractivity contribution < 1.29 is 23.8 Å². The number of hydrogen-bond acceptors (Lipinski definition) is 6. The summed E-state index contributed by atoms with van der Waals surface area (Å²) in [5.74, 6) is 0.162. The second kappa shape index (κ2) is 11.5. The van der Waals surface area contributed by atoms with Crippen LogP contribution in [0.4, 0.5) is 0 Å². The Kier molecular flexibility index (Phi) is 8.97. The molecule has 1 saturated heterocycles. The lowest BCUT2D eigenvalue weighted by Gasteiger charge is -2.34. The Balaban J connectivity index is 1.70. The average molecular weight is 390 g/mol. The molecule has 0 radical (unpaired) electrons. The topological polar surface area (TPSA) is 68.3 Å². The summed E-state index contributed by atoms with van der Waals surface area (Å²) in [7, 11) is 0. The molecule has 1 atom stereocenters. The number of nitrogens with zero attached hydrogens (tertiary/aromatic N) is 2. The molecule has 0 saturated carbocycles. The maximum absolute atomic E-state index is 12.3. The first-order chi connectivity index (χ1) is 13.5. The fourth-order valence-corrected chi connectivity index (χ4v) is 2.89. The Hall–Kier alpha value is -2.38. The second-order valence-electron chi connectivity index (χ2n) is 6.61. The molecule has 0 spiro atoms. The van der Waals surface area contributed by atoms with Gasteiger partial charge in [0.25, 0.3) is 5.91 Å². The highest BCUT2D eigenvalue weighted by atomic mass is 16.6. The van der Waals surface area contributed by atoms with Gasteiger partial charge >= 0.3 is 5.97 Å². The van der Waals surface area contributed by atoms with Crippen molar-refractivity contribution in [2.45, 2.75) is 26.5 Å². The molecule has 1 fully saturated rings. The maximum Gasteiger partial charge on any atom is 0.335 e. The van der Waals surface area contributed by atoms with Gasteiger partial charge in [-0.05, 0) is 31.5 Å². The molecule has 7 nitrogen and oxygen atoms in total. The zero-order valence-corrected chi connectivity index (χ0v) is 16.8. The first kappa shape index (κ1) is 21.9. The van der Waals surface area contributed by atoms with Crippen molar-refractivity contribution in [2.75, 3.05) is 46.0 Å². The molecule has 1 aliphatic heterocycles. The maximum atomic E-state index is 12.3. The van der Waals surface area contributed by atoms with Gasteiger partial charge in [-0.1, -0.05) is 18.2 Å².